The number of carbonyl (C=O) groups is 1. The largest absolute Gasteiger partial charge is 0.507 e. The van der Waals surface area contributed by atoms with E-state index in [9.17, 15) is 25.1 Å². The molecule has 9 nitrogen and oxygen atoms in total. The number of phenols is 2. The third-order valence-electron chi connectivity index (χ3n) is 3.08. The minimum Gasteiger partial charge on any atom is -0.507 e. The maximum Gasteiger partial charge on any atom is 0.315 e. The zero-order chi connectivity index (χ0) is 18.6. The van der Waals surface area contributed by atoms with Crippen LogP contribution in [-0.2, 0) is 0 Å². The van der Waals surface area contributed by atoms with Crippen molar-refractivity contribution in [2.45, 2.75) is 0 Å². The third-order valence-corrected chi connectivity index (χ3v) is 3.57. The predicted octanol–water partition coefficient (Wildman–Crippen LogP) is 2.54. The van der Waals surface area contributed by atoms with Crippen LogP contribution in [0, 0.1) is 10.1 Å². The molecule has 2 aromatic carbocycles. The van der Waals surface area contributed by atoms with Gasteiger partial charge in [0.1, 0.15) is 5.75 Å². The number of methoxy groups -OCH3 is 1. The maximum absolute atomic E-state index is 12.0. The molecule has 1 amide bonds. The van der Waals surface area contributed by atoms with E-state index in [0.717, 1.165) is 12.3 Å². The van der Waals surface area contributed by atoms with E-state index >= 15 is 0 Å². The highest BCUT2D eigenvalue weighted by molar-refractivity contribution is 9.10. The Balaban J connectivity index is 2.22. The number of hydrogen-bond donors (Lipinski definition) is 3. The number of nitrogens with zero attached hydrogens (tertiary/aromatic N) is 2. The molecule has 0 aliphatic heterocycles. The quantitative estimate of drug-likeness (QED) is 0.394. The summed E-state index contributed by atoms with van der Waals surface area (Å²) >= 11 is 3.18. The summed E-state index contributed by atoms with van der Waals surface area (Å²) in [5, 5.41) is 34.0. The molecule has 25 heavy (non-hydrogen) atoms. The number of ether oxygens (including phenoxy) is 1. The zero-order valence-corrected chi connectivity index (χ0v) is 14.3. The Labute approximate surface area is 149 Å². The van der Waals surface area contributed by atoms with Crippen molar-refractivity contribution < 1.29 is 24.7 Å². The van der Waals surface area contributed by atoms with Gasteiger partial charge in [-0.15, -0.1) is 0 Å². The molecule has 10 heteroatoms. The van der Waals surface area contributed by atoms with Crippen LogP contribution < -0.4 is 10.2 Å². The van der Waals surface area contributed by atoms with Crippen LogP contribution in [0.25, 0.3) is 0 Å². The molecular weight excluding hydrogens is 398 g/mol. The van der Waals surface area contributed by atoms with E-state index in [0.29, 0.717) is 4.47 Å². The molecule has 0 unspecified atom stereocenters. The average Bonchev–Trinajstić information content (AvgIpc) is 2.57. The highest BCUT2D eigenvalue weighted by atomic mass is 79.9. The number of phenolic OH excluding ortho intramolecular Hbond substituents is 2. The fraction of sp³-hybridized carbons (Fsp3) is 0.0667. The van der Waals surface area contributed by atoms with Gasteiger partial charge in [0.2, 0.25) is 5.75 Å². The molecule has 2 aromatic rings. The Morgan fingerprint density at radius 2 is 2.08 bits per heavy atom. The smallest absolute Gasteiger partial charge is 0.315 e. The molecule has 0 bridgehead atoms. The SMILES string of the molecule is COc1cc(/C=N/NC(=O)c2cc(Br)ccc2O)cc([N+](=O)[O-])c1O. The molecule has 0 saturated heterocycles. The van der Waals surface area contributed by atoms with Gasteiger partial charge >= 0.3 is 5.69 Å². The number of aromatic hydroxyl groups is 2. The summed E-state index contributed by atoms with van der Waals surface area (Å²) in [7, 11) is 1.25. The van der Waals surface area contributed by atoms with Crippen LogP contribution in [0.4, 0.5) is 5.69 Å². The van der Waals surface area contributed by atoms with Gasteiger partial charge in [-0.2, -0.15) is 5.10 Å². The van der Waals surface area contributed by atoms with Crippen molar-refractivity contribution in [3.05, 3.63) is 56.0 Å². The minimum atomic E-state index is -0.771. The number of benzene rings is 2. The van der Waals surface area contributed by atoms with Crippen molar-refractivity contribution in [2.75, 3.05) is 7.11 Å². The van der Waals surface area contributed by atoms with Crippen molar-refractivity contribution in [1.82, 2.24) is 5.43 Å². The van der Waals surface area contributed by atoms with Gasteiger partial charge in [-0.05, 0) is 24.3 Å². The zero-order valence-electron chi connectivity index (χ0n) is 12.8. The minimum absolute atomic E-state index is 0.000734. The number of nitrogens with one attached hydrogen (secondary N) is 1. The van der Waals surface area contributed by atoms with Gasteiger partial charge < -0.3 is 14.9 Å². The van der Waals surface area contributed by atoms with E-state index in [1.807, 2.05) is 0 Å². The lowest BCUT2D eigenvalue weighted by atomic mass is 10.2. The molecule has 0 saturated carbocycles. The summed E-state index contributed by atoms with van der Waals surface area (Å²) in [4.78, 5) is 22.1. The van der Waals surface area contributed by atoms with Gasteiger partial charge in [0.15, 0.2) is 5.75 Å². The van der Waals surface area contributed by atoms with E-state index < -0.39 is 22.3 Å². The molecule has 0 aliphatic rings. The van der Waals surface area contributed by atoms with Crippen molar-refractivity contribution >= 4 is 33.7 Å². The van der Waals surface area contributed by atoms with Crippen LogP contribution >= 0.6 is 15.9 Å². The van der Waals surface area contributed by atoms with Crippen LogP contribution in [0.2, 0.25) is 0 Å². The molecule has 0 heterocycles. The van der Waals surface area contributed by atoms with Crippen molar-refractivity contribution in [1.29, 1.82) is 0 Å². The number of amides is 1. The van der Waals surface area contributed by atoms with Crippen LogP contribution in [-0.4, -0.2) is 34.4 Å². The van der Waals surface area contributed by atoms with Gasteiger partial charge in [0.05, 0.1) is 23.8 Å². The molecule has 2 rings (SSSR count). The summed E-state index contributed by atoms with van der Waals surface area (Å²) < 4.78 is 5.46. The van der Waals surface area contributed by atoms with E-state index in [1.54, 1.807) is 6.07 Å². The maximum atomic E-state index is 12.0. The second-order valence-electron chi connectivity index (χ2n) is 4.71. The Morgan fingerprint density at radius 3 is 2.72 bits per heavy atom. The number of rotatable bonds is 5. The Bertz CT molecular complexity index is 869. The summed E-state index contributed by atoms with van der Waals surface area (Å²) in [5.41, 5.74) is 1.86. The van der Waals surface area contributed by atoms with Crippen LogP contribution in [0.15, 0.2) is 39.9 Å². The van der Waals surface area contributed by atoms with E-state index in [2.05, 4.69) is 26.5 Å². The number of nitro benzene ring substituents is 1. The lowest BCUT2D eigenvalue weighted by Crippen LogP contribution is -2.17. The average molecular weight is 410 g/mol. The standard InChI is InChI=1S/C15H12BrN3O6/c1-25-13-5-8(4-11(14(13)21)19(23)24)7-17-18-15(22)10-6-9(16)2-3-12(10)20/h2-7,20-21H,1H3,(H,18,22)/b17-7+. The number of hydrazone groups is 1. The second kappa shape index (κ2) is 7.62. The molecule has 0 fully saturated rings. The first-order chi connectivity index (χ1) is 11.8. The molecule has 130 valence electrons. The van der Waals surface area contributed by atoms with Crippen molar-refractivity contribution in [3.63, 3.8) is 0 Å². The molecule has 0 aromatic heterocycles. The van der Waals surface area contributed by atoms with Crippen LogP contribution in [0.5, 0.6) is 17.2 Å². The first-order valence-electron chi connectivity index (χ1n) is 6.70. The Morgan fingerprint density at radius 1 is 1.36 bits per heavy atom. The van der Waals surface area contributed by atoms with E-state index in [4.69, 9.17) is 4.74 Å². The fourth-order valence-electron chi connectivity index (χ4n) is 1.90. The topological polar surface area (TPSA) is 134 Å². The lowest BCUT2D eigenvalue weighted by Gasteiger charge is -2.05. The van der Waals surface area contributed by atoms with Gasteiger partial charge in [0, 0.05) is 16.1 Å². The highest BCUT2D eigenvalue weighted by Crippen LogP contribution is 2.36. The third kappa shape index (κ3) is 4.23. The summed E-state index contributed by atoms with van der Waals surface area (Å²) in [6, 6.07) is 6.71. The number of carbonyl (C=O) groups excluding carboxylic acids is 1. The summed E-state index contributed by atoms with van der Waals surface area (Å²) in [6.07, 6.45) is 1.14. The van der Waals surface area contributed by atoms with E-state index in [-0.39, 0.29) is 22.6 Å². The van der Waals surface area contributed by atoms with Gasteiger partial charge in [-0.3, -0.25) is 14.9 Å². The fourth-order valence-corrected chi connectivity index (χ4v) is 2.26. The molecule has 0 spiro atoms. The number of nitro groups is 1. The van der Waals surface area contributed by atoms with Gasteiger partial charge in [-0.1, -0.05) is 15.9 Å². The first kappa shape index (κ1) is 18.2. The first-order valence-corrected chi connectivity index (χ1v) is 7.50. The highest BCUT2D eigenvalue weighted by Gasteiger charge is 2.19. The molecule has 0 radical (unpaired) electrons. The van der Waals surface area contributed by atoms with Crippen LogP contribution in [0.3, 0.4) is 0 Å². The summed E-state index contributed by atoms with van der Waals surface area (Å²) in [6.45, 7) is 0. The predicted molar refractivity (Wildman–Crippen MR) is 92.2 cm³/mol. The van der Waals surface area contributed by atoms with Gasteiger partial charge in [-0.25, -0.2) is 5.43 Å². The lowest BCUT2D eigenvalue weighted by molar-refractivity contribution is -0.386. The summed E-state index contributed by atoms with van der Waals surface area (Å²) in [5.74, 6) is -1.60. The van der Waals surface area contributed by atoms with Crippen LogP contribution in [0.1, 0.15) is 15.9 Å². The molecular formula is C15H12BrN3O6. The van der Waals surface area contributed by atoms with Crippen molar-refractivity contribution in [3.8, 4) is 17.2 Å². The number of hydrogen-bond acceptors (Lipinski definition) is 7. The monoisotopic (exact) mass is 409 g/mol. The normalized spacial score (nSPS) is 10.6. The van der Waals surface area contributed by atoms with Gasteiger partial charge in [0.25, 0.3) is 5.91 Å². The molecule has 0 aliphatic carbocycles. The molecule has 3 N–H and O–H groups in total. The molecule has 0 atom stereocenters. The van der Waals surface area contributed by atoms with Crippen molar-refractivity contribution in [2.24, 2.45) is 5.10 Å². The Hall–Kier alpha value is -3.14. The Kier molecular flexibility index (Phi) is 5.55. The second-order valence-corrected chi connectivity index (χ2v) is 5.62. The van der Waals surface area contributed by atoms with E-state index in [1.165, 1.54) is 25.3 Å². The number of halogens is 1.